The summed E-state index contributed by atoms with van der Waals surface area (Å²) in [6.07, 6.45) is 1.39. The van der Waals surface area contributed by atoms with Gasteiger partial charge in [0.2, 0.25) is 10.0 Å². The molecule has 1 aromatic carbocycles. The summed E-state index contributed by atoms with van der Waals surface area (Å²) in [5.74, 6) is -0.504. The maximum Gasteiger partial charge on any atom is 0.243 e. The van der Waals surface area contributed by atoms with Crippen molar-refractivity contribution in [2.45, 2.75) is 18.0 Å². The van der Waals surface area contributed by atoms with E-state index >= 15 is 0 Å². The highest BCUT2D eigenvalue weighted by atomic mass is 32.2. The van der Waals surface area contributed by atoms with Gasteiger partial charge in [0.05, 0.1) is 12.7 Å². The Bertz CT molecular complexity index is 656. The van der Waals surface area contributed by atoms with Crippen molar-refractivity contribution in [1.29, 1.82) is 0 Å². The average molecular weight is 285 g/mol. The Hall–Kier alpha value is -1.77. The lowest BCUT2D eigenvalue weighted by atomic mass is 10.2. The highest BCUT2D eigenvalue weighted by Crippen LogP contribution is 2.16. The van der Waals surface area contributed by atoms with Crippen LogP contribution in [0.4, 0.5) is 4.39 Å². The van der Waals surface area contributed by atoms with Crippen LogP contribution in [0.25, 0.3) is 0 Å². The van der Waals surface area contributed by atoms with Crippen molar-refractivity contribution in [3.63, 3.8) is 0 Å². The third-order valence-electron chi connectivity index (χ3n) is 2.45. The van der Waals surface area contributed by atoms with Crippen molar-refractivity contribution < 1.29 is 17.3 Å². The van der Waals surface area contributed by atoms with Crippen LogP contribution in [0.3, 0.4) is 0 Å². The molecule has 0 atom stereocenters. The van der Waals surface area contributed by atoms with Crippen molar-refractivity contribution in [1.82, 2.24) is 9.88 Å². The van der Waals surface area contributed by atoms with Gasteiger partial charge in [0.15, 0.2) is 5.76 Å². The highest BCUT2D eigenvalue weighted by Gasteiger charge is 2.19. The molecule has 0 saturated heterocycles. The normalized spacial score (nSPS) is 11.7. The maximum absolute atomic E-state index is 13.7. The van der Waals surface area contributed by atoms with Crippen LogP contribution in [0.15, 0.2) is 39.9 Å². The first kappa shape index (κ1) is 13.7. The van der Waals surface area contributed by atoms with Crippen LogP contribution in [0.5, 0.6) is 0 Å². The SMILES string of the molecule is NCc1ccc(S(=O)(=O)NCc2ccno2)c(F)c1. The van der Waals surface area contributed by atoms with Gasteiger partial charge < -0.3 is 10.3 Å². The maximum atomic E-state index is 13.7. The summed E-state index contributed by atoms with van der Waals surface area (Å²) in [6.45, 7) is 0.0448. The minimum Gasteiger partial charge on any atom is -0.360 e. The van der Waals surface area contributed by atoms with Crippen molar-refractivity contribution in [2.75, 3.05) is 0 Å². The van der Waals surface area contributed by atoms with E-state index in [-0.39, 0.29) is 13.1 Å². The zero-order valence-corrected chi connectivity index (χ0v) is 10.7. The molecule has 0 amide bonds. The van der Waals surface area contributed by atoms with Gasteiger partial charge in [-0.05, 0) is 17.7 Å². The van der Waals surface area contributed by atoms with Crippen LogP contribution in [0.1, 0.15) is 11.3 Å². The smallest absolute Gasteiger partial charge is 0.243 e. The second-order valence-electron chi connectivity index (χ2n) is 3.77. The summed E-state index contributed by atoms with van der Waals surface area (Å²) in [6, 6.07) is 5.26. The predicted molar refractivity (Wildman–Crippen MR) is 64.8 cm³/mol. The van der Waals surface area contributed by atoms with Gasteiger partial charge in [0.25, 0.3) is 0 Å². The van der Waals surface area contributed by atoms with Crippen molar-refractivity contribution in [3.8, 4) is 0 Å². The van der Waals surface area contributed by atoms with Gasteiger partial charge in [-0.3, -0.25) is 0 Å². The first-order valence-corrected chi connectivity index (χ1v) is 6.89. The fraction of sp³-hybridized carbons (Fsp3) is 0.182. The zero-order chi connectivity index (χ0) is 13.9. The Morgan fingerprint density at radius 2 is 2.16 bits per heavy atom. The lowest BCUT2D eigenvalue weighted by molar-refractivity contribution is 0.380. The van der Waals surface area contributed by atoms with E-state index in [1.807, 2.05) is 0 Å². The summed E-state index contributed by atoms with van der Waals surface area (Å²) in [4.78, 5) is -0.427. The Balaban J connectivity index is 2.19. The second-order valence-corrected chi connectivity index (χ2v) is 5.51. The molecular formula is C11H12FN3O3S. The summed E-state index contributed by atoms with van der Waals surface area (Å²) in [7, 11) is -3.95. The lowest BCUT2D eigenvalue weighted by Gasteiger charge is -2.07. The van der Waals surface area contributed by atoms with Gasteiger partial charge in [-0.2, -0.15) is 0 Å². The Kier molecular flexibility index (Phi) is 3.93. The van der Waals surface area contributed by atoms with E-state index in [0.29, 0.717) is 11.3 Å². The van der Waals surface area contributed by atoms with Gasteiger partial charge in [-0.15, -0.1) is 0 Å². The van der Waals surface area contributed by atoms with Gasteiger partial charge in [-0.25, -0.2) is 17.5 Å². The summed E-state index contributed by atoms with van der Waals surface area (Å²) in [5.41, 5.74) is 5.87. The van der Waals surface area contributed by atoms with Gasteiger partial charge >= 0.3 is 0 Å². The third kappa shape index (κ3) is 3.16. The minimum atomic E-state index is -3.95. The van der Waals surface area contributed by atoms with Crippen molar-refractivity contribution >= 4 is 10.0 Å². The molecule has 0 spiro atoms. The highest BCUT2D eigenvalue weighted by molar-refractivity contribution is 7.89. The molecule has 1 heterocycles. The number of nitrogens with zero attached hydrogens (tertiary/aromatic N) is 1. The summed E-state index contributed by atoms with van der Waals surface area (Å²) in [5, 5.41) is 3.44. The van der Waals surface area contributed by atoms with Crippen LogP contribution in [-0.2, 0) is 23.1 Å². The molecule has 6 nitrogen and oxygen atoms in total. The molecule has 0 radical (unpaired) electrons. The largest absolute Gasteiger partial charge is 0.360 e. The van der Waals surface area contributed by atoms with Crippen LogP contribution >= 0.6 is 0 Å². The fourth-order valence-corrected chi connectivity index (χ4v) is 2.52. The zero-order valence-electron chi connectivity index (χ0n) is 9.84. The number of sulfonamides is 1. The average Bonchev–Trinajstić information content (AvgIpc) is 2.89. The molecule has 2 rings (SSSR count). The predicted octanol–water partition coefficient (Wildman–Crippen LogP) is 0.751. The lowest BCUT2D eigenvalue weighted by Crippen LogP contribution is -2.24. The molecule has 2 aromatic rings. The van der Waals surface area contributed by atoms with Crippen LogP contribution in [0.2, 0.25) is 0 Å². The van der Waals surface area contributed by atoms with E-state index in [9.17, 15) is 12.8 Å². The third-order valence-corrected chi connectivity index (χ3v) is 3.88. The van der Waals surface area contributed by atoms with Gasteiger partial charge in [-0.1, -0.05) is 11.2 Å². The molecule has 0 unspecified atom stereocenters. The topological polar surface area (TPSA) is 98.2 Å². The molecule has 0 aliphatic heterocycles. The molecule has 0 saturated carbocycles. The number of hydrogen-bond donors (Lipinski definition) is 2. The van der Waals surface area contributed by atoms with E-state index in [1.165, 1.54) is 24.4 Å². The van der Waals surface area contributed by atoms with E-state index in [0.717, 1.165) is 6.07 Å². The molecule has 0 aliphatic carbocycles. The number of aromatic nitrogens is 1. The van der Waals surface area contributed by atoms with Crippen molar-refractivity contribution in [2.24, 2.45) is 5.73 Å². The van der Waals surface area contributed by atoms with Crippen LogP contribution in [0, 0.1) is 5.82 Å². The molecule has 1 aromatic heterocycles. The van der Waals surface area contributed by atoms with E-state index in [2.05, 4.69) is 9.88 Å². The molecule has 102 valence electrons. The van der Waals surface area contributed by atoms with E-state index in [1.54, 1.807) is 0 Å². The molecule has 0 aliphatic rings. The van der Waals surface area contributed by atoms with E-state index in [4.69, 9.17) is 10.3 Å². The fourth-order valence-electron chi connectivity index (χ4n) is 1.47. The second kappa shape index (κ2) is 5.47. The Labute approximate surface area is 109 Å². The van der Waals surface area contributed by atoms with Crippen LogP contribution < -0.4 is 10.5 Å². The summed E-state index contributed by atoms with van der Waals surface area (Å²) >= 11 is 0. The number of halogens is 1. The standard InChI is InChI=1S/C11H12FN3O3S/c12-10-5-8(6-13)1-2-11(10)19(16,17)15-7-9-3-4-14-18-9/h1-5,15H,6-7,13H2. The molecular weight excluding hydrogens is 273 g/mol. The number of nitrogens with two attached hydrogens (primary N) is 1. The molecule has 0 fully saturated rings. The number of hydrogen-bond acceptors (Lipinski definition) is 5. The first-order valence-electron chi connectivity index (χ1n) is 5.40. The Morgan fingerprint density at radius 1 is 1.37 bits per heavy atom. The van der Waals surface area contributed by atoms with E-state index < -0.39 is 20.7 Å². The number of rotatable bonds is 5. The molecule has 0 bridgehead atoms. The number of nitrogens with one attached hydrogen (secondary N) is 1. The summed E-state index contributed by atoms with van der Waals surface area (Å²) < 4.78 is 44.5. The van der Waals surface area contributed by atoms with Crippen molar-refractivity contribution in [3.05, 3.63) is 47.6 Å². The monoisotopic (exact) mass is 285 g/mol. The molecule has 3 N–H and O–H groups in total. The molecule has 8 heteroatoms. The quantitative estimate of drug-likeness (QED) is 0.844. The molecule has 19 heavy (non-hydrogen) atoms. The van der Waals surface area contributed by atoms with Gasteiger partial charge in [0, 0.05) is 12.6 Å². The number of benzene rings is 1. The first-order chi connectivity index (χ1) is 9.03. The van der Waals surface area contributed by atoms with Crippen LogP contribution in [-0.4, -0.2) is 13.6 Å². The van der Waals surface area contributed by atoms with Gasteiger partial charge in [0.1, 0.15) is 10.7 Å². The minimum absolute atomic E-state index is 0.0968. The Morgan fingerprint density at radius 3 is 2.74 bits per heavy atom.